The summed E-state index contributed by atoms with van der Waals surface area (Å²) in [5.74, 6) is 0.324. The topological polar surface area (TPSA) is 88.5 Å². The molecular weight excluding hydrogens is 580 g/mol. The van der Waals surface area contributed by atoms with Crippen molar-refractivity contribution in [2.45, 2.75) is 169 Å². The van der Waals surface area contributed by atoms with E-state index in [2.05, 4.69) is 44.4 Å². The fourth-order valence-electron chi connectivity index (χ4n) is 5.93. The number of ether oxygens (including phenoxy) is 3. The predicted octanol–water partition coefficient (Wildman–Crippen LogP) is 9.17. The second-order valence-electron chi connectivity index (χ2n) is 13.1. The van der Waals surface area contributed by atoms with Gasteiger partial charge in [-0.2, -0.15) is 0 Å². The summed E-state index contributed by atoms with van der Waals surface area (Å²) in [6.07, 6.45) is 20.9. The van der Waals surface area contributed by atoms with Crippen LogP contribution in [-0.4, -0.2) is 92.2 Å². The maximum atomic E-state index is 12.7. The van der Waals surface area contributed by atoms with Gasteiger partial charge in [0.1, 0.15) is 12.7 Å². The highest BCUT2D eigenvalue weighted by Crippen LogP contribution is 2.20. The largest absolute Gasteiger partial charge is 0.508 e. The third-order valence-electron chi connectivity index (χ3n) is 9.13. The molecule has 2 atom stereocenters. The lowest BCUT2D eigenvalue weighted by Gasteiger charge is -2.25. The highest BCUT2D eigenvalue weighted by atomic mass is 16.7. The van der Waals surface area contributed by atoms with Gasteiger partial charge in [0.25, 0.3) is 0 Å². The van der Waals surface area contributed by atoms with E-state index in [9.17, 15) is 14.7 Å². The molecule has 8 nitrogen and oxygen atoms in total. The van der Waals surface area contributed by atoms with E-state index in [1.165, 1.54) is 64.2 Å². The molecule has 8 heteroatoms. The Hall–Kier alpha value is -1.38. The maximum absolute atomic E-state index is 12.7. The third kappa shape index (κ3) is 27.7. The molecule has 0 radical (unpaired) electrons. The quantitative estimate of drug-likeness (QED) is 0.0542. The second kappa shape index (κ2) is 33.5. The summed E-state index contributed by atoms with van der Waals surface area (Å²) in [6, 6.07) is 0. The molecular formula is C38H76N2O6. The summed E-state index contributed by atoms with van der Waals surface area (Å²) in [5.41, 5.74) is 0. The Kier molecular flexibility index (Phi) is 32.5. The first-order chi connectivity index (χ1) is 22.4. The van der Waals surface area contributed by atoms with E-state index in [4.69, 9.17) is 14.2 Å². The van der Waals surface area contributed by atoms with Crippen LogP contribution >= 0.6 is 0 Å². The molecule has 1 N–H and O–H groups in total. The fourth-order valence-corrected chi connectivity index (χ4v) is 5.93. The predicted molar refractivity (Wildman–Crippen MR) is 191 cm³/mol. The summed E-state index contributed by atoms with van der Waals surface area (Å²) in [6.45, 7) is 16.6. The van der Waals surface area contributed by atoms with Gasteiger partial charge in [0.05, 0.1) is 13.2 Å². The second-order valence-corrected chi connectivity index (χ2v) is 13.1. The average molecular weight is 657 g/mol. The van der Waals surface area contributed by atoms with Gasteiger partial charge in [0.15, 0.2) is 0 Å². The van der Waals surface area contributed by atoms with Crippen LogP contribution in [0.3, 0.4) is 0 Å². The normalized spacial score (nSPS) is 12.9. The highest BCUT2D eigenvalue weighted by Gasteiger charge is 2.18. The molecule has 2 unspecified atom stereocenters. The van der Waals surface area contributed by atoms with Crippen LogP contribution in [0.2, 0.25) is 0 Å². The first-order valence-electron chi connectivity index (χ1n) is 19.5. The van der Waals surface area contributed by atoms with Crippen molar-refractivity contribution < 1.29 is 28.9 Å². The van der Waals surface area contributed by atoms with Crippen molar-refractivity contribution >= 4 is 12.1 Å². The zero-order chi connectivity index (χ0) is 34.1. The molecule has 0 bridgehead atoms. The van der Waals surface area contributed by atoms with E-state index < -0.39 is 6.16 Å². The zero-order valence-electron chi connectivity index (χ0n) is 31.0. The smallest absolute Gasteiger partial charge is 0.465 e. The minimum atomic E-state index is -0.642. The number of unbranched alkanes of at least 4 members (excludes halogenated alkanes) is 11. The van der Waals surface area contributed by atoms with Gasteiger partial charge >= 0.3 is 12.1 Å². The Morgan fingerprint density at radius 1 is 0.587 bits per heavy atom. The molecule has 0 saturated carbocycles. The fraction of sp³-hybridized carbons (Fsp3) is 0.947. The summed E-state index contributed by atoms with van der Waals surface area (Å²) in [4.78, 5) is 29.7. The van der Waals surface area contributed by atoms with E-state index in [1.54, 1.807) is 0 Å². The van der Waals surface area contributed by atoms with Crippen molar-refractivity contribution in [3.8, 4) is 0 Å². The van der Waals surface area contributed by atoms with Crippen molar-refractivity contribution in [3.63, 3.8) is 0 Å². The van der Waals surface area contributed by atoms with E-state index in [0.29, 0.717) is 44.9 Å². The van der Waals surface area contributed by atoms with Crippen LogP contribution < -0.4 is 0 Å². The van der Waals surface area contributed by atoms with Gasteiger partial charge in [-0.3, -0.25) is 9.69 Å². The molecule has 0 aromatic carbocycles. The van der Waals surface area contributed by atoms with Crippen molar-refractivity contribution in [1.29, 1.82) is 0 Å². The van der Waals surface area contributed by atoms with Gasteiger partial charge in [0.2, 0.25) is 0 Å². The summed E-state index contributed by atoms with van der Waals surface area (Å²) in [5, 5.41) is 9.45. The lowest BCUT2D eigenvalue weighted by molar-refractivity contribution is -0.145. The number of rotatable bonds is 34. The molecule has 0 saturated heterocycles. The summed E-state index contributed by atoms with van der Waals surface area (Å²) >= 11 is 0. The van der Waals surface area contributed by atoms with E-state index in [-0.39, 0.29) is 25.3 Å². The molecule has 0 aliphatic heterocycles. The van der Waals surface area contributed by atoms with Crippen molar-refractivity contribution in [3.05, 3.63) is 0 Å². The Labute approximate surface area is 284 Å². The monoisotopic (exact) mass is 657 g/mol. The minimum Gasteiger partial charge on any atom is -0.465 e. The first-order valence-corrected chi connectivity index (χ1v) is 19.5. The molecule has 0 fully saturated rings. The SMILES string of the molecule is CCCCCCCCC(CCCCCC)COC(=O)CCCC(CCCCCC)OC(=O)OCCN(CCO)CCN(CC)CC. The van der Waals surface area contributed by atoms with Crippen molar-refractivity contribution in [1.82, 2.24) is 9.80 Å². The Morgan fingerprint density at radius 3 is 1.70 bits per heavy atom. The Balaban J connectivity index is 4.68. The van der Waals surface area contributed by atoms with E-state index in [0.717, 1.165) is 71.1 Å². The number of likely N-dealkylation sites (N-methyl/N-ethyl adjacent to an activating group) is 1. The van der Waals surface area contributed by atoms with E-state index >= 15 is 0 Å². The number of hydrogen-bond donors (Lipinski definition) is 1. The molecule has 0 aliphatic carbocycles. The minimum absolute atomic E-state index is 0.0731. The van der Waals surface area contributed by atoms with Crippen LogP contribution in [0.25, 0.3) is 0 Å². The molecule has 0 aromatic heterocycles. The van der Waals surface area contributed by atoms with E-state index in [1.807, 2.05) is 0 Å². The number of aliphatic hydroxyl groups excluding tert-OH is 1. The Bertz CT molecular complexity index is 676. The number of nitrogens with zero attached hydrogens (tertiary/aromatic N) is 2. The third-order valence-corrected chi connectivity index (χ3v) is 9.13. The van der Waals surface area contributed by atoms with Crippen LogP contribution in [0.4, 0.5) is 4.79 Å². The average Bonchev–Trinajstić information content (AvgIpc) is 3.05. The van der Waals surface area contributed by atoms with Crippen LogP contribution in [0.1, 0.15) is 163 Å². The first kappa shape index (κ1) is 44.6. The van der Waals surface area contributed by atoms with Crippen molar-refractivity contribution in [2.75, 3.05) is 59.1 Å². The van der Waals surface area contributed by atoms with Crippen LogP contribution in [0.5, 0.6) is 0 Å². The number of hydrogen-bond acceptors (Lipinski definition) is 8. The van der Waals surface area contributed by atoms with Gasteiger partial charge in [-0.25, -0.2) is 4.79 Å². The maximum Gasteiger partial charge on any atom is 0.508 e. The standard InChI is InChI=1S/C38H76N2O6/c1-6-11-14-17-18-20-24-35(23-19-15-12-7-2)34-45-37(42)27-22-26-36(25-21-16-13-8-3)46-38(43)44-33-31-40(30-32-41)29-28-39(9-4)10-5/h35-36,41H,6-34H2,1-5H3. The molecule has 0 amide bonds. The van der Waals surface area contributed by atoms with Gasteiger partial charge in [-0.1, -0.05) is 118 Å². The summed E-state index contributed by atoms with van der Waals surface area (Å²) < 4.78 is 17.0. The Morgan fingerprint density at radius 2 is 1.11 bits per heavy atom. The highest BCUT2D eigenvalue weighted by molar-refractivity contribution is 5.69. The molecule has 0 heterocycles. The number of esters is 1. The molecule has 46 heavy (non-hydrogen) atoms. The summed E-state index contributed by atoms with van der Waals surface area (Å²) in [7, 11) is 0. The van der Waals surface area contributed by atoms with Crippen LogP contribution in [-0.2, 0) is 19.0 Å². The lowest BCUT2D eigenvalue weighted by atomic mass is 9.95. The van der Waals surface area contributed by atoms with Gasteiger partial charge in [0, 0.05) is 32.6 Å². The van der Waals surface area contributed by atoms with Gasteiger partial charge in [-0.15, -0.1) is 0 Å². The molecule has 0 rings (SSSR count). The number of carbonyl (C=O) groups excluding carboxylic acids is 2. The molecule has 274 valence electrons. The number of aliphatic hydroxyl groups is 1. The molecule has 0 aromatic rings. The zero-order valence-corrected chi connectivity index (χ0v) is 31.0. The van der Waals surface area contributed by atoms with Crippen molar-refractivity contribution in [2.24, 2.45) is 5.92 Å². The molecule has 0 aliphatic rings. The lowest BCUT2D eigenvalue weighted by Crippen LogP contribution is -2.38. The van der Waals surface area contributed by atoms with Crippen LogP contribution in [0, 0.1) is 5.92 Å². The van der Waals surface area contributed by atoms with Gasteiger partial charge in [-0.05, 0) is 57.5 Å². The number of carbonyl (C=O) groups is 2. The van der Waals surface area contributed by atoms with Crippen LogP contribution in [0.15, 0.2) is 0 Å². The molecule has 0 spiro atoms. The van der Waals surface area contributed by atoms with Gasteiger partial charge < -0.3 is 24.2 Å².